The van der Waals surface area contributed by atoms with Crippen LogP contribution in [0.4, 0.5) is 5.95 Å². The molecule has 4 aromatic rings. The molecule has 3 heterocycles. The van der Waals surface area contributed by atoms with Gasteiger partial charge < -0.3 is 4.90 Å². The van der Waals surface area contributed by atoms with E-state index >= 15 is 0 Å². The second kappa shape index (κ2) is 6.96. The van der Waals surface area contributed by atoms with Crippen molar-refractivity contribution in [3.63, 3.8) is 0 Å². The Hall–Kier alpha value is -3.00. The molecule has 0 saturated heterocycles. The van der Waals surface area contributed by atoms with E-state index in [1.807, 2.05) is 65.9 Å². The lowest BCUT2D eigenvalue weighted by Crippen LogP contribution is -2.23. The minimum absolute atomic E-state index is 0.101. The van der Waals surface area contributed by atoms with E-state index in [0.29, 0.717) is 23.7 Å². The van der Waals surface area contributed by atoms with Crippen LogP contribution in [0.2, 0.25) is 0 Å². The highest BCUT2D eigenvalue weighted by molar-refractivity contribution is 9.10. The fourth-order valence-electron chi connectivity index (χ4n) is 2.99. The molecule has 1 aromatic carbocycles. The zero-order chi connectivity index (χ0) is 19.0. The van der Waals surface area contributed by atoms with Gasteiger partial charge in [-0.2, -0.15) is 0 Å². The molecule has 0 amide bonds. The van der Waals surface area contributed by atoms with Crippen molar-refractivity contribution < 1.29 is 0 Å². The van der Waals surface area contributed by atoms with Crippen LogP contribution < -0.4 is 10.5 Å². The Labute approximate surface area is 163 Å². The number of nitrogens with zero attached hydrogens (tertiary/aromatic N) is 6. The van der Waals surface area contributed by atoms with Crippen molar-refractivity contribution in [3.8, 4) is 0 Å². The van der Waals surface area contributed by atoms with Crippen LogP contribution in [-0.2, 0) is 6.54 Å². The number of allylic oxidation sites excluding steroid dienone is 1. The lowest BCUT2D eigenvalue weighted by atomic mass is 10.2. The van der Waals surface area contributed by atoms with E-state index in [9.17, 15) is 4.79 Å². The van der Waals surface area contributed by atoms with E-state index in [1.54, 1.807) is 17.0 Å². The normalized spacial score (nSPS) is 11.7. The number of fused-ring (bicyclic) bond motifs is 3. The molecule has 0 saturated carbocycles. The number of benzene rings is 1. The first-order valence-corrected chi connectivity index (χ1v) is 9.16. The maximum absolute atomic E-state index is 13.1. The van der Waals surface area contributed by atoms with Gasteiger partial charge in [-0.25, -0.2) is 4.40 Å². The van der Waals surface area contributed by atoms with Crippen molar-refractivity contribution in [2.75, 3.05) is 19.0 Å². The molecule has 136 valence electrons. The average molecular weight is 425 g/mol. The molecule has 0 aliphatic carbocycles. The molecule has 4 rings (SSSR count). The molecule has 0 unspecified atom stereocenters. The zero-order valence-corrected chi connectivity index (χ0v) is 16.5. The van der Waals surface area contributed by atoms with Crippen molar-refractivity contribution in [1.29, 1.82) is 0 Å². The quantitative estimate of drug-likeness (QED) is 0.503. The van der Waals surface area contributed by atoms with Gasteiger partial charge in [0.25, 0.3) is 5.56 Å². The highest BCUT2D eigenvalue weighted by atomic mass is 79.9. The number of hydrogen-bond acceptors (Lipinski definition) is 5. The molecule has 27 heavy (non-hydrogen) atoms. The minimum atomic E-state index is -0.101. The molecule has 0 spiro atoms. The predicted molar refractivity (Wildman–Crippen MR) is 110 cm³/mol. The summed E-state index contributed by atoms with van der Waals surface area (Å²) in [5.74, 6) is 1.18. The van der Waals surface area contributed by atoms with Gasteiger partial charge in [0.1, 0.15) is 0 Å². The molecule has 0 aliphatic rings. The standard InChI is InChI=1S/C19H17BrN6O/c1-24(2)18-22-23-19-25(11-3-4-13-7-9-21-10-8-13)17(27)15-12-14(20)5-6-16(15)26(18)19/h3-10,12H,11H2,1-2H3/b4-3+. The molecular weight excluding hydrogens is 408 g/mol. The summed E-state index contributed by atoms with van der Waals surface area (Å²) in [6.45, 7) is 0.388. The van der Waals surface area contributed by atoms with Crippen molar-refractivity contribution in [3.05, 3.63) is 69.2 Å². The molecule has 7 nitrogen and oxygen atoms in total. The lowest BCUT2D eigenvalue weighted by Gasteiger charge is -2.13. The minimum Gasteiger partial charge on any atom is -0.347 e. The Bertz CT molecular complexity index is 1210. The van der Waals surface area contributed by atoms with E-state index in [0.717, 1.165) is 15.6 Å². The Morgan fingerprint density at radius 1 is 1.15 bits per heavy atom. The fraction of sp³-hybridized carbons (Fsp3) is 0.158. The van der Waals surface area contributed by atoms with Crippen molar-refractivity contribution >= 4 is 44.6 Å². The summed E-state index contributed by atoms with van der Waals surface area (Å²) in [5.41, 5.74) is 1.70. The SMILES string of the molecule is CN(C)c1nnc2n(C/C=C/c3ccncc3)c(=O)c3cc(Br)ccc3n12. The Kier molecular flexibility index (Phi) is 4.49. The third-order valence-electron chi connectivity index (χ3n) is 4.25. The zero-order valence-electron chi connectivity index (χ0n) is 14.9. The van der Waals surface area contributed by atoms with Gasteiger partial charge in [-0.1, -0.05) is 28.1 Å². The first kappa shape index (κ1) is 17.4. The molecule has 0 atom stereocenters. The summed E-state index contributed by atoms with van der Waals surface area (Å²) >= 11 is 3.46. The van der Waals surface area contributed by atoms with Gasteiger partial charge >= 0.3 is 0 Å². The number of anilines is 1. The summed E-state index contributed by atoms with van der Waals surface area (Å²) in [6, 6.07) is 9.47. The highest BCUT2D eigenvalue weighted by Crippen LogP contribution is 2.22. The van der Waals surface area contributed by atoms with Crippen LogP contribution in [0, 0.1) is 0 Å². The second-order valence-corrected chi connectivity index (χ2v) is 7.21. The van der Waals surface area contributed by atoms with Crippen molar-refractivity contribution in [1.82, 2.24) is 24.1 Å². The summed E-state index contributed by atoms with van der Waals surface area (Å²) in [7, 11) is 3.81. The largest absolute Gasteiger partial charge is 0.347 e. The molecule has 3 aromatic heterocycles. The second-order valence-electron chi connectivity index (χ2n) is 6.29. The third kappa shape index (κ3) is 3.12. The lowest BCUT2D eigenvalue weighted by molar-refractivity contribution is 0.787. The first-order valence-electron chi connectivity index (χ1n) is 8.37. The van der Waals surface area contributed by atoms with Gasteiger partial charge in [0.2, 0.25) is 11.7 Å². The van der Waals surface area contributed by atoms with Crippen LogP contribution in [-0.4, -0.2) is 38.2 Å². The maximum Gasteiger partial charge on any atom is 0.263 e. The fourth-order valence-corrected chi connectivity index (χ4v) is 3.35. The molecule has 0 aliphatic heterocycles. The predicted octanol–water partition coefficient (Wildman–Crippen LogP) is 2.98. The van der Waals surface area contributed by atoms with E-state index in [4.69, 9.17) is 0 Å². The van der Waals surface area contributed by atoms with E-state index in [1.165, 1.54) is 0 Å². The molecule has 0 fully saturated rings. The Morgan fingerprint density at radius 2 is 1.93 bits per heavy atom. The highest BCUT2D eigenvalue weighted by Gasteiger charge is 2.17. The monoisotopic (exact) mass is 424 g/mol. The van der Waals surface area contributed by atoms with Crippen LogP contribution >= 0.6 is 15.9 Å². The molecular formula is C19H17BrN6O. The number of pyridine rings is 1. The van der Waals surface area contributed by atoms with Gasteiger partial charge in [-0.05, 0) is 35.9 Å². The van der Waals surface area contributed by atoms with Crippen LogP contribution in [0.3, 0.4) is 0 Å². The molecule has 0 radical (unpaired) electrons. The summed E-state index contributed by atoms with van der Waals surface area (Å²) in [5, 5.41) is 9.16. The van der Waals surface area contributed by atoms with Crippen LogP contribution in [0.15, 0.2) is 58.1 Å². The Morgan fingerprint density at radius 3 is 2.67 bits per heavy atom. The Balaban J connectivity index is 1.92. The van der Waals surface area contributed by atoms with Crippen LogP contribution in [0.25, 0.3) is 22.8 Å². The third-order valence-corrected chi connectivity index (χ3v) is 4.74. The van der Waals surface area contributed by atoms with E-state index in [2.05, 4.69) is 31.1 Å². The van der Waals surface area contributed by atoms with Crippen molar-refractivity contribution in [2.24, 2.45) is 0 Å². The van der Waals surface area contributed by atoms with Crippen LogP contribution in [0.5, 0.6) is 0 Å². The molecule has 0 bridgehead atoms. The van der Waals surface area contributed by atoms with Gasteiger partial charge in [0, 0.05) is 37.5 Å². The van der Waals surface area contributed by atoms with Gasteiger partial charge in [-0.3, -0.25) is 14.3 Å². The summed E-state index contributed by atoms with van der Waals surface area (Å²) in [4.78, 5) is 19.0. The van der Waals surface area contributed by atoms with Gasteiger partial charge in [0.15, 0.2) is 0 Å². The number of rotatable bonds is 4. The molecule has 0 N–H and O–H groups in total. The van der Waals surface area contributed by atoms with Crippen LogP contribution in [0.1, 0.15) is 5.56 Å². The number of hydrogen-bond donors (Lipinski definition) is 0. The first-order chi connectivity index (χ1) is 13.1. The summed E-state index contributed by atoms with van der Waals surface area (Å²) < 4.78 is 4.39. The number of halogens is 1. The van der Waals surface area contributed by atoms with E-state index in [-0.39, 0.29) is 5.56 Å². The average Bonchev–Trinajstić information content (AvgIpc) is 3.10. The van der Waals surface area contributed by atoms with E-state index < -0.39 is 0 Å². The topological polar surface area (TPSA) is 68.3 Å². The van der Waals surface area contributed by atoms with Gasteiger partial charge in [0.05, 0.1) is 10.9 Å². The number of aromatic nitrogens is 5. The van der Waals surface area contributed by atoms with Gasteiger partial charge in [-0.15, -0.1) is 10.2 Å². The maximum atomic E-state index is 13.1. The summed E-state index contributed by atoms with van der Waals surface area (Å²) in [6.07, 6.45) is 7.36. The molecule has 8 heteroatoms. The smallest absolute Gasteiger partial charge is 0.263 e. The van der Waals surface area contributed by atoms with Crippen molar-refractivity contribution in [2.45, 2.75) is 6.54 Å².